The van der Waals surface area contributed by atoms with Gasteiger partial charge in [-0.3, -0.25) is 19.3 Å². The fourth-order valence-electron chi connectivity index (χ4n) is 3.43. The van der Waals surface area contributed by atoms with Gasteiger partial charge in [-0.25, -0.2) is 17.8 Å². The first-order chi connectivity index (χ1) is 17.9. The lowest BCUT2D eigenvalue weighted by molar-refractivity contribution is 0.100. The molecule has 2 heterocycles. The van der Waals surface area contributed by atoms with E-state index in [1.54, 1.807) is 18.7 Å². The quantitative estimate of drug-likeness (QED) is 0.233. The first kappa shape index (κ1) is 26.5. The highest BCUT2D eigenvalue weighted by Crippen LogP contribution is 2.37. The number of anilines is 3. The van der Waals surface area contributed by atoms with Crippen LogP contribution in [0.1, 0.15) is 28.9 Å². The third-order valence-electron chi connectivity index (χ3n) is 5.23. The van der Waals surface area contributed by atoms with Gasteiger partial charge in [0.25, 0.3) is 15.9 Å². The molecule has 38 heavy (non-hydrogen) atoms. The van der Waals surface area contributed by atoms with Gasteiger partial charge in [0, 0.05) is 12.6 Å². The number of halogens is 3. The van der Waals surface area contributed by atoms with Crippen LogP contribution in [0, 0.1) is 5.82 Å². The smallest absolute Gasteiger partial charge is 0.355 e. The van der Waals surface area contributed by atoms with Crippen LogP contribution < -0.4 is 20.5 Å². The van der Waals surface area contributed by atoms with Gasteiger partial charge in [0.15, 0.2) is 0 Å². The number of hydrogen-bond donors (Lipinski definition) is 4. The van der Waals surface area contributed by atoms with Crippen LogP contribution in [0.3, 0.4) is 0 Å². The Balaban J connectivity index is 1.75. The van der Waals surface area contributed by atoms with Crippen molar-refractivity contribution in [2.45, 2.75) is 18.8 Å². The summed E-state index contributed by atoms with van der Waals surface area (Å²) in [5.41, 5.74) is 6.03. The number of carbonyl (C=O) groups excluding carboxylic acids is 1. The third-order valence-corrected chi connectivity index (χ3v) is 6.21. The number of amides is 1. The SMILES string of the molecule is C[C@H](Oc1cc(-c2n[nH]c(Nc3ncn(C)n3)c2C(N)=O)ccc1NS(=O)(=O)C(F)F)c1ccc(F)cc1. The lowest BCUT2D eigenvalue weighted by Crippen LogP contribution is -2.21. The maximum absolute atomic E-state index is 13.3. The number of aromatic nitrogens is 5. The van der Waals surface area contributed by atoms with Gasteiger partial charge < -0.3 is 15.8 Å². The molecule has 2 aromatic carbocycles. The second kappa shape index (κ2) is 10.4. The van der Waals surface area contributed by atoms with Crippen LogP contribution in [-0.2, 0) is 17.1 Å². The zero-order valence-corrected chi connectivity index (χ0v) is 20.6. The first-order valence-electron chi connectivity index (χ1n) is 10.8. The van der Waals surface area contributed by atoms with Gasteiger partial charge in [0.05, 0.1) is 5.69 Å². The van der Waals surface area contributed by atoms with Crippen molar-refractivity contribution in [1.29, 1.82) is 0 Å². The van der Waals surface area contributed by atoms with E-state index in [0.29, 0.717) is 5.56 Å². The van der Waals surface area contributed by atoms with E-state index in [2.05, 4.69) is 25.6 Å². The Hall–Kier alpha value is -4.60. The van der Waals surface area contributed by atoms with Crippen molar-refractivity contribution >= 4 is 33.4 Å². The molecule has 4 aromatic rings. The molecular weight excluding hydrogens is 529 g/mol. The lowest BCUT2D eigenvalue weighted by atomic mass is 10.1. The molecular formula is C22H21F3N8O4S. The Kier molecular flexibility index (Phi) is 7.25. The highest BCUT2D eigenvalue weighted by Gasteiger charge is 2.27. The van der Waals surface area contributed by atoms with Gasteiger partial charge in [-0.2, -0.15) is 13.9 Å². The van der Waals surface area contributed by atoms with Crippen molar-refractivity contribution in [2.24, 2.45) is 12.8 Å². The Morgan fingerprint density at radius 3 is 2.50 bits per heavy atom. The highest BCUT2D eigenvalue weighted by atomic mass is 32.2. The van der Waals surface area contributed by atoms with Crippen molar-refractivity contribution in [3.63, 3.8) is 0 Å². The summed E-state index contributed by atoms with van der Waals surface area (Å²) in [6, 6.07) is 9.14. The van der Waals surface area contributed by atoms with Gasteiger partial charge in [0.2, 0.25) is 5.95 Å². The van der Waals surface area contributed by atoms with Crippen molar-refractivity contribution < 1.29 is 31.1 Å². The zero-order valence-electron chi connectivity index (χ0n) is 19.8. The molecule has 200 valence electrons. The molecule has 0 aliphatic rings. The largest absolute Gasteiger partial charge is 0.484 e. The van der Waals surface area contributed by atoms with Crippen molar-refractivity contribution in [3.8, 4) is 17.0 Å². The van der Waals surface area contributed by atoms with Crippen molar-refractivity contribution in [1.82, 2.24) is 25.0 Å². The van der Waals surface area contributed by atoms with E-state index in [-0.39, 0.29) is 40.0 Å². The molecule has 0 saturated carbocycles. The molecule has 2 aromatic heterocycles. The first-order valence-corrected chi connectivity index (χ1v) is 12.4. The number of carbonyl (C=O) groups is 1. The number of nitrogens with two attached hydrogens (primary N) is 1. The van der Waals surface area contributed by atoms with Gasteiger partial charge in [-0.15, -0.1) is 5.10 Å². The summed E-state index contributed by atoms with van der Waals surface area (Å²) in [5.74, 6) is -4.97. The number of benzene rings is 2. The molecule has 1 amide bonds. The van der Waals surface area contributed by atoms with Gasteiger partial charge >= 0.3 is 5.76 Å². The second-order valence-corrected chi connectivity index (χ2v) is 9.63. The summed E-state index contributed by atoms with van der Waals surface area (Å²) >= 11 is 0. The maximum atomic E-state index is 13.3. The van der Waals surface area contributed by atoms with Gasteiger partial charge in [-0.1, -0.05) is 18.2 Å². The maximum Gasteiger partial charge on any atom is 0.355 e. The fourth-order valence-corrected chi connectivity index (χ4v) is 4.00. The van der Waals surface area contributed by atoms with E-state index in [1.807, 2.05) is 0 Å². The van der Waals surface area contributed by atoms with Crippen LogP contribution in [-0.4, -0.2) is 45.0 Å². The fraction of sp³-hybridized carbons (Fsp3) is 0.182. The average molecular weight is 551 g/mol. The molecule has 0 saturated heterocycles. The molecule has 0 unspecified atom stereocenters. The van der Waals surface area contributed by atoms with E-state index in [4.69, 9.17) is 10.5 Å². The van der Waals surface area contributed by atoms with Crippen molar-refractivity contribution in [3.05, 3.63) is 65.7 Å². The molecule has 0 aliphatic heterocycles. The monoisotopic (exact) mass is 550 g/mol. The summed E-state index contributed by atoms with van der Waals surface area (Å²) in [7, 11) is -3.40. The van der Waals surface area contributed by atoms with Gasteiger partial charge in [-0.05, 0) is 36.8 Å². The van der Waals surface area contributed by atoms with E-state index in [0.717, 1.165) is 0 Å². The predicted molar refractivity (Wildman–Crippen MR) is 131 cm³/mol. The Labute approximate surface area is 214 Å². The summed E-state index contributed by atoms with van der Waals surface area (Å²) in [4.78, 5) is 16.3. The minimum Gasteiger partial charge on any atom is -0.484 e. The number of hydrogen-bond acceptors (Lipinski definition) is 8. The second-order valence-electron chi connectivity index (χ2n) is 7.98. The zero-order chi connectivity index (χ0) is 27.6. The average Bonchev–Trinajstić information content (AvgIpc) is 3.46. The number of aromatic amines is 1. The van der Waals surface area contributed by atoms with Crippen LogP contribution in [0.5, 0.6) is 5.75 Å². The number of ether oxygens (including phenoxy) is 1. The van der Waals surface area contributed by atoms with E-state index in [1.165, 1.54) is 53.5 Å². The molecule has 0 fully saturated rings. The van der Waals surface area contributed by atoms with Crippen molar-refractivity contribution in [2.75, 3.05) is 10.0 Å². The van der Waals surface area contributed by atoms with Crippen LogP contribution in [0.15, 0.2) is 48.8 Å². The molecule has 4 rings (SSSR count). The van der Waals surface area contributed by atoms with E-state index in [9.17, 15) is 26.4 Å². The van der Waals surface area contributed by atoms with Crippen LogP contribution in [0.25, 0.3) is 11.3 Å². The number of alkyl halides is 2. The Morgan fingerprint density at radius 1 is 1.18 bits per heavy atom. The summed E-state index contributed by atoms with van der Waals surface area (Å²) < 4.78 is 72.3. The highest BCUT2D eigenvalue weighted by molar-refractivity contribution is 7.93. The predicted octanol–water partition coefficient (Wildman–Crippen LogP) is 3.29. The molecule has 0 radical (unpaired) electrons. The Morgan fingerprint density at radius 2 is 1.89 bits per heavy atom. The number of aryl methyl sites for hydroxylation is 1. The number of sulfonamides is 1. The number of H-pyrrole nitrogens is 1. The Bertz CT molecular complexity index is 1570. The standard InChI is InChI=1S/C22H21F3N8O4S/c1-11(12-3-6-14(23)7-4-12)37-16-9-13(5-8-15(16)32-38(35,36)21(24)25)18-17(19(26)34)20(30-29-18)28-22-27-10-33(2)31-22/h3-11,21,32H,1-2H3,(H2,26,34)(H2,28,29,30,31)/t11-/m0/s1. The minimum absolute atomic E-state index is 0.0542. The van der Waals surface area contributed by atoms with Crippen LogP contribution in [0.4, 0.5) is 30.6 Å². The number of rotatable bonds is 10. The molecule has 1 atom stereocenters. The van der Waals surface area contributed by atoms with Gasteiger partial charge in [0.1, 0.15) is 41.1 Å². The number of nitrogens with one attached hydrogen (secondary N) is 3. The summed E-state index contributed by atoms with van der Waals surface area (Å²) in [6.45, 7) is 1.59. The van der Waals surface area contributed by atoms with E-state index >= 15 is 0 Å². The third kappa shape index (κ3) is 5.69. The van der Waals surface area contributed by atoms with E-state index < -0.39 is 33.6 Å². The molecule has 0 spiro atoms. The topological polar surface area (TPSA) is 170 Å². The number of nitrogens with zero attached hydrogens (tertiary/aromatic N) is 4. The summed E-state index contributed by atoms with van der Waals surface area (Å²) in [6.07, 6.45) is 0.664. The normalized spacial score (nSPS) is 12.4. The minimum atomic E-state index is -5.04. The molecule has 5 N–H and O–H groups in total. The molecule has 0 bridgehead atoms. The number of primary amides is 1. The molecule has 12 nitrogen and oxygen atoms in total. The van der Waals surface area contributed by atoms with Crippen LogP contribution >= 0.6 is 0 Å². The summed E-state index contributed by atoms with van der Waals surface area (Å²) in [5, 5.41) is 13.6. The molecule has 16 heteroatoms. The molecule has 0 aliphatic carbocycles. The lowest BCUT2D eigenvalue weighted by Gasteiger charge is -2.19. The van der Waals surface area contributed by atoms with Crippen LogP contribution in [0.2, 0.25) is 0 Å².